The quantitative estimate of drug-likeness (QED) is 0.887. The SMILES string of the molecule is c1cc(N2C[C@H]3CCN[C@H]3C2)cc(NC23CC4CC(CC(C4)C2)C3)n1. The number of aromatic nitrogens is 1. The second kappa shape index (κ2) is 5.35. The van der Waals surface area contributed by atoms with Crippen LogP contribution in [0, 0.1) is 23.7 Å². The van der Waals surface area contributed by atoms with Crippen LogP contribution in [0.2, 0.25) is 0 Å². The number of anilines is 2. The molecule has 0 unspecified atom stereocenters. The van der Waals surface area contributed by atoms with E-state index in [-0.39, 0.29) is 0 Å². The molecule has 2 saturated heterocycles. The van der Waals surface area contributed by atoms with Gasteiger partial charge in [0.1, 0.15) is 5.82 Å². The largest absolute Gasteiger partial charge is 0.369 e. The van der Waals surface area contributed by atoms with E-state index in [0.717, 1.165) is 36.0 Å². The van der Waals surface area contributed by atoms with Crippen molar-refractivity contribution in [1.29, 1.82) is 0 Å². The van der Waals surface area contributed by atoms with Crippen LogP contribution in [0.1, 0.15) is 44.9 Å². The maximum absolute atomic E-state index is 4.71. The van der Waals surface area contributed by atoms with E-state index in [2.05, 4.69) is 27.7 Å². The minimum atomic E-state index is 0.351. The van der Waals surface area contributed by atoms with Gasteiger partial charge in [-0.25, -0.2) is 4.98 Å². The predicted molar refractivity (Wildman–Crippen MR) is 101 cm³/mol. The fraction of sp³-hybridized carbons (Fsp3) is 0.762. The molecule has 1 aromatic rings. The predicted octanol–water partition coefficient (Wildman–Crippen LogP) is 3.26. The van der Waals surface area contributed by atoms with E-state index < -0.39 is 0 Å². The van der Waals surface area contributed by atoms with Crippen molar-refractivity contribution in [3.8, 4) is 0 Å². The Hall–Kier alpha value is -1.29. The van der Waals surface area contributed by atoms with Gasteiger partial charge in [0.25, 0.3) is 0 Å². The van der Waals surface area contributed by atoms with Crippen molar-refractivity contribution in [1.82, 2.24) is 10.3 Å². The summed E-state index contributed by atoms with van der Waals surface area (Å²) >= 11 is 0. The minimum Gasteiger partial charge on any atom is -0.369 e. The Morgan fingerprint density at radius 3 is 2.56 bits per heavy atom. The molecule has 7 rings (SSSR count). The van der Waals surface area contributed by atoms with Gasteiger partial charge in [-0.2, -0.15) is 0 Å². The summed E-state index contributed by atoms with van der Waals surface area (Å²) in [4.78, 5) is 7.27. The molecule has 3 heterocycles. The molecule has 0 aromatic carbocycles. The number of fused-ring (bicyclic) bond motifs is 1. The molecule has 0 radical (unpaired) electrons. The second-order valence-electron chi connectivity index (χ2n) is 9.74. The third-order valence-electron chi connectivity index (χ3n) is 7.90. The summed E-state index contributed by atoms with van der Waals surface area (Å²) in [6.45, 7) is 3.57. The van der Waals surface area contributed by atoms with E-state index in [1.807, 2.05) is 6.20 Å². The van der Waals surface area contributed by atoms with Gasteiger partial charge in [-0.15, -0.1) is 0 Å². The lowest BCUT2D eigenvalue weighted by Crippen LogP contribution is -2.54. The van der Waals surface area contributed by atoms with E-state index >= 15 is 0 Å². The molecule has 2 N–H and O–H groups in total. The lowest BCUT2D eigenvalue weighted by Gasteiger charge is -2.57. The van der Waals surface area contributed by atoms with Crippen LogP contribution < -0.4 is 15.5 Å². The fourth-order valence-corrected chi connectivity index (χ4v) is 7.28. The van der Waals surface area contributed by atoms with E-state index in [1.165, 1.54) is 63.7 Å². The smallest absolute Gasteiger partial charge is 0.128 e. The second-order valence-corrected chi connectivity index (χ2v) is 9.74. The van der Waals surface area contributed by atoms with Crippen LogP contribution >= 0.6 is 0 Å². The van der Waals surface area contributed by atoms with Crippen LogP contribution in [0.5, 0.6) is 0 Å². The maximum atomic E-state index is 4.71. The summed E-state index contributed by atoms with van der Waals surface area (Å²) in [7, 11) is 0. The van der Waals surface area contributed by atoms with E-state index in [4.69, 9.17) is 4.98 Å². The van der Waals surface area contributed by atoms with Gasteiger partial charge in [0, 0.05) is 42.6 Å². The Morgan fingerprint density at radius 1 is 1.08 bits per heavy atom. The lowest BCUT2D eigenvalue weighted by atomic mass is 9.53. The third-order valence-corrected chi connectivity index (χ3v) is 7.90. The average molecular weight is 338 g/mol. The summed E-state index contributed by atoms with van der Waals surface area (Å²) in [6.07, 6.45) is 12.0. The zero-order valence-electron chi connectivity index (χ0n) is 15.1. The summed E-state index contributed by atoms with van der Waals surface area (Å²) in [5.41, 5.74) is 1.71. The number of rotatable bonds is 3. The molecular formula is C21H30N4. The van der Waals surface area contributed by atoms with Gasteiger partial charge in [-0.1, -0.05) is 0 Å². The Labute approximate surface area is 150 Å². The zero-order chi connectivity index (χ0) is 16.4. The number of nitrogens with zero attached hydrogens (tertiary/aromatic N) is 2. The molecule has 4 saturated carbocycles. The normalized spacial score (nSPS) is 44.3. The van der Waals surface area contributed by atoms with E-state index in [9.17, 15) is 0 Å². The Bertz CT molecular complexity index is 624. The highest BCUT2D eigenvalue weighted by Gasteiger charge is 2.51. The fourth-order valence-electron chi connectivity index (χ4n) is 7.28. The molecular weight excluding hydrogens is 308 g/mol. The molecule has 4 heteroatoms. The average Bonchev–Trinajstić information content (AvgIpc) is 3.14. The molecule has 2 atom stereocenters. The van der Waals surface area contributed by atoms with Gasteiger partial charge in [-0.3, -0.25) is 0 Å². The topological polar surface area (TPSA) is 40.2 Å². The van der Waals surface area contributed by atoms with Crippen LogP contribution in [0.15, 0.2) is 18.3 Å². The molecule has 6 aliphatic rings. The van der Waals surface area contributed by atoms with Crippen molar-refractivity contribution in [2.24, 2.45) is 23.7 Å². The first-order valence-electron chi connectivity index (χ1n) is 10.5. The summed E-state index contributed by atoms with van der Waals surface area (Å²) in [5, 5.41) is 7.61. The first-order valence-corrected chi connectivity index (χ1v) is 10.5. The summed E-state index contributed by atoms with van der Waals surface area (Å²) in [6, 6.07) is 5.22. The van der Waals surface area contributed by atoms with Crippen molar-refractivity contribution < 1.29 is 0 Å². The minimum absolute atomic E-state index is 0.351. The Morgan fingerprint density at radius 2 is 1.84 bits per heavy atom. The van der Waals surface area contributed by atoms with E-state index in [1.54, 1.807) is 0 Å². The van der Waals surface area contributed by atoms with Crippen molar-refractivity contribution in [3.05, 3.63) is 18.3 Å². The molecule has 134 valence electrons. The Balaban J connectivity index is 1.22. The van der Waals surface area contributed by atoms with Crippen LogP contribution in [-0.2, 0) is 0 Å². The third kappa shape index (κ3) is 2.48. The molecule has 0 amide bonds. The van der Waals surface area contributed by atoms with Crippen LogP contribution in [0.25, 0.3) is 0 Å². The molecule has 2 aliphatic heterocycles. The van der Waals surface area contributed by atoms with Gasteiger partial charge in [0.05, 0.1) is 0 Å². The van der Waals surface area contributed by atoms with Gasteiger partial charge < -0.3 is 15.5 Å². The molecule has 6 fully saturated rings. The van der Waals surface area contributed by atoms with Gasteiger partial charge in [0.2, 0.25) is 0 Å². The van der Waals surface area contributed by atoms with Crippen molar-refractivity contribution in [2.45, 2.75) is 56.5 Å². The molecule has 4 bridgehead atoms. The van der Waals surface area contributed by atoms with Crippen molar-refractivity contribution >= 4 is 11.5 Å². The highest BCUT2D eigenvalue weighted by Crippen LogP contribution is 2.56. The van der Waals surface area contributed by atoms with Gasteiger partial charge >= 0.3 is 0 Å². The Kier molecular flexibility index (Phi) is 3.18. The number of nitrogens with one attached hydrogen (secondary N) is 2. The first kappa shape index (κ1) is 14.8. The van der Waals surface area contributed by atoms with Crippen LogP contribution in [0.3, 0.4) is 0 Å². The highest BCUT2D eigenvalue weighted by atomic mass is 15.2. The number of hydrogen-bond acceptors (Lipinski definition) is 4. The van der Waals surface area contributed by atoms with Gasteiger partial charge in [0.15, 0.2) is 0 Å². The zero-order valence-corrected chi connectivity index (χ0v) is 15.1. The molecule has 0 spiro atoms. The highest BCUT2D eigenvalue weighted by molar-refractivity contribution is 5.56. The van der Waals surface area contributed by atoms with Crippen molar-refractivity contribution in [3.63, 3.8) is 0 Å². The van der Waals surface area contributed by atoms with Crippen LogP contribution in [-0.4, -0.2) is 36.2 Å². The molecule has 1 aromatic heterocycles. The monoisotopic (exact) mass is 338 g/mol. The van der Waals surface area contributed by atoms with Crippen LogP contribution in [0.4, 0.5) is 11.5 Å². The molecule has 25 heavy (non-hydrogen) atoms. The summed E-state index contributed by atoms with van der Waals surface area (Å²) < 4.78 is 0. The standard InChI is InChI=1S/C21H30N4/c1-3-22-19-13-25(12-17(1)19)18-2-4-23-20(8-18)24-21-9-14-5-15(10-21)7-16(6-14)11-21/h2,4,8,14-17,19,22H,1,3,5-7,9-13H2,(H,23,24)/t14?,15?,16?,17-,19+,21?/m1/s1. The van der Waals surface area contributed by atoms with E-state index in [0.29, 0.717) is 11.6 Å². The molecule has 4 nitrogen and oxygen atoms in total. The first-order chi connectivity index (χ1) is 12.2. The summed E-state index contributed by atoms with van der Waals surface area (Å²) in [5.74, 6) is 4.89. The maximum Gasteiger partial charge on any atom is 0.128 e. The molecule has 4 aliphatic carbocycles. The number of hydrogen-bond donors (Lipinski definition) is 2. The van der Waals surface area contributed by atoms with Crippen molar-refractivity contribution in [2.75, 3.05) is 29.9 Å². The lowest BCUT2D eigenvalue weighted by molar-refractivity contribution is 0.0105. The number of pyridine rings is 1. The van der Waals surface area contributed by atoms with Gasteiger partial charge in [-0.05, 0) is 81.2 Å².